The first kappa shape index (κ1) is 13.8. The van der Waals surface area contributed by atoms with E-state index in [4.69, 9.17) is 10.9 Å². The van der Waals surface area contributed by atoms with Crippen LogP contribution in [-0.4, -0.2) is 28.8 Å². The van der Waals surface area contributed by atoms with Crippen LogP contribution in [0.2, 0.25) is 0 Å². The number of amidine groups is 1. The molecule has 0 amide bonds. The lowest BCUT2D eigenvalue weighted by Crippen LogP contribution is -2.38. The van der Waals surface area contributed by atoms with Gasteiger partial charge in [0.1, 0.15) is 5.84 Å². The Balaban J connectivity index is 1.94. The van der Waals surface area contributed by atoms with Crippen molar-refractivity contribution < 1.29 is 10.3 Å². The molecule has 0 heterocycles. The van der Waals surface area contributed by atoms with Gasteiger partial charge in [0.15, 0.2) is 0 Å². The first-order chi connectivity index (χ1) is 9.19. The molecule has 0 radical (unpaired) electrons. The molecule has 1 atom stereocenters. The summed E-state index contributed by atoms with van der Waals surface area (Å²) in [7, 11) is 0. The lowest BCUT2D eigenvalue weighted by Gasteiger charge is -2.33. The van der Waals surface area contributed by atoms with Gasteiger partial charge in [-0.1, -0.05) is 35.5 Å². The van der Waals surface area contributed by atoms with Crippen molar-refractivity contribution in [1.29, 1.82) is 0 Å². The summed E-state index contributed by atoms with van der Waals surface area (Å²) in [6, 6.07) is 10.0. The van der Waals surface area contributed by atoms with Crippen molar-refractivity contribution >= 4 is 5.84 Å². The fraction of sp³-hybridized carbons (Fsp3) is 0.500. The maximum Gasteiger partial charge on any atom is 0.141 e. The van der Waals surface area contributed by atoms with Gasteiger partial charge in [0.25, 0.3) is 0 Å². The zero-order valence-corrected chi connectivity index (χ0v) is 10.9. The van der Waals surface area contributed by atoms with Crippen LogP contribution in [0.1, 0.15) is 30.9 Å². The molecule has 1 aliphatic carbocycles. The number of rotatable bonds is 6. The topological polar surface area (TPSA) is 90.9 Å². The van der Waals surface area contributed by atoms with Gasteiger partial charge in [-0.25, -0.2) is 0 Å². The molecule has 0 aliphatic heterocycles. The fourth-order valence-corrected chi connectivity index (χ4v) is 2.42. The molecule has 1 aromatic rings. The highest BCUT2D eigenvalue weighted by molar-refractivity contribution is 5.80. The van der Waals surface area contributed by atoms with Crippen molar-refractivity contribution in [2.75, 3.05) is 6.54 Å². The van der Waals surface area contributed by atoms with Crippen LogP contribution in [0.15, 0.2) is 35.5 Å². The van der Waals surface area contributed by atoms with Gasteiger partial charge in [0.2, 0.25) is 0 Å². The number of nitrogens with two attached hydrogens (primary N) is 1. The summed E-state index contributed by atoms with van der Waals surface area (Å²) in [6.07, 6.45) is 2.05. The second-order valence-electron chi connectivity index (χ2n) is 5.16. The standard InChI is InChI=1S/C14H21N3O2/c15-14(17-19)8-13(11-4-2-1-3-5-11)16-9-10-6-12(18)7-10/h1-5,10,12-13,16,18-19H,6-9H2,(H2,15,17). The van der Waals surface area contributed by atoms with Crippen molar-refractivity contribution in [2.24, 2.45) is 16.8 Å². The van der Waals surface area contributed by atoms with Gasteiger partial charge in [0.05, 0.1) is 6.10 Å². The van der Waals surface area contributed by atoms with Crippen LogP contribution in [0.4, 0.5) is 0 Å². The molecule has 0 saturated heterocycles. The summed E-state index contributed by atoms with van der Waals surface area (Å²) in [5.74, 6) is 0.739. The average molecular weight is 263 g/mol. The Morgan fingerprint density at radius 3 is 2.63 bits per heavy atom. The minimum atomic E-state index is -0.133. The van der Waals surface area contributed by atoms with E-state index in [-0.39, 0.29) is 18.0 Å². The molecule has 104 valence electrons. The molecule has 5 nitrogen and oxygen atoms in total. The molecule has 0 aromatic heterocycles. The summed E-state index contributed by atoms with van der Waals surface area (Å²) in [5, 5.41) is 24.5. The zero-order valence-electron chi connectivity index (χ0n) is 10.9. The molecule has 0 spiro atoms. The second-order valence-corrected chi connectivity index (χ2v) is 5.16. The van der Waals surface area contributed by atoms with Crippen LogP contribution in [0, 0.1) is 5.92 Å². The molecule has 1 unspecified atom stereocenters. The van der Waals surface area contributed by atoms with Crippen LogP contribution in [-0.2, 0) is 0 Å². The quantitative estimate of drug-likeness (QED) is 0.269. The third-order valence-corrected chi connectivity index (χ3v) is 3.61. The lowest BCUT2D eigenvalue weighted by molar-refractivity contribution is 0.0419. The maximum atomic E-state index is 9.28. The smallest absolute Gasteiger partial charge is 0.141 e. The summed E-state index contributed by atoms with van der Waals surface area (Å²) in [5.41, 5.74) is 6.73. The number of nitrogens with zero attached hydrogens (tertiary/aromatic N) is 1. The zero-order chi connectivity index (χ0) is 13.7. The molecule has 0 bridgehead atoms. The number of aliphatic hydroxyl groups is 1. The van der Waals surface area contributed by atoms with E-state index in [1.54, 1.807) is 0 Å². The molecule has 1 saturated carbocycles. The molecule has 2 rings (SSSR count). The van der Waals surface area contributed by atoms with Gasteiger partial charge >= 0.3 is 0 Å². The molecule has 5 N–H and O–H groups in total. The van der Waals surface area contributed by atoms with Gasteiger partial charge in [-0.15, -0.1) is 0 Å². The van der Waals surface area contributed by atoms with E-state index < -0.39 is 0 Å². The first-order valence-corrected chi connectivity index (χ1v) is 6.62. The predicted molar refractivity (Wildman–Crippen MR) is 73.9 cm³/mol. The van der Waals surface area contributed by atoms with E-state index in [0.717, 1.165) is 24.9 Å². The summed E-state index contributed by atoms with van der Waals surface area (Å²) in [4.78, 5) is 0. The van der Waals surface area contributed by atoms with Crippen molar-refractivity contribution in [3.63, 3.8) is 0 Å². The third kappa shape index (κ3) is 3.94. The van der Waals surface area contributed by atoms with Gasteiger partial charge in [0, 0.05) is 12.5 Å². The molecular formula is C14H21N3O2. The number of oxime groups is 1. The maximum absolute atomic E-state index is 9.28. The lowest BCUT2D eigenvalue weighted by atomic mass is 9.82. The number of hydrogen-bond donors (Lipinski definition) is 4. The number of hydrogen-bond acceptors (Lipinski definition) is 4. The van der Waals surface area contributed by atoms with E-state index in [0.29, 0.717) is 12.3 Å². The molecule has 1 fully saturated rings. The van der Waals surface area contributed by atoms with Crippen molar-refractivity contribution in [3.8, 4) is 0 Å². The van der Waals surface area contributed by atoms with Gasteiger partial charge in [-0.2, -0.15) is 0 Å². The predicted octanol–water partition coefficient (Wildman–Crippen LogP) is 1.22. The summed E-state index contributed by atoms with van der Waals surface area (Å²) < 4.78 is 0. The molecular weight excluding hydrogens is 242 g/mol. The average Bonchev–Trinajstić information content (AvgIpc) is 2.41. The Hall–Kier alpha value is -1.59. The molecule has 1 aromatic carbocycles. The Morgan fingerprint density at radius 2 is 2.05 bits per heavy atom. The molecule has 19 heavy (non-hydrogen) atoms. The van der Waals surface area contributed by atoms with E-state index in [9.17, 15) is 5.11 Å². The number of benzene rings is 1. The molecule has 1 aliphatic rings. The summed E-state index contributed by atoms with van der Waals surface area (Å²) >= 11 is 0. The van der Waals surface area contributed by atoms with Crippen molar-refractivity contribution in [1.82, 2.24) is 5.32 Å². The van der Waals surface area contributed by atoms with E-state index in [1.165, 1.54) is 0 Å². The van der Waals surface area contributed by atoms with Gasteiger partial charge < -0.3 is 21.4 Å². The second kappa shape index (κ2) is 6.54. The van der Waals surface area contributed by atoms with Gasteiger partial charge in [-0.3, -0.25) is 0 Å². The Labute approximate surface area is 113 Å². The molecule has 5 heteroatoms. The highest BCUT2D eigenvalue weighted by Crippen LogP contribution is 2.27. The highest BCUT2D eigenvalue weighted by atomic mass is 16.4. The van der Waals surface area contributed by atoms with E-state index in [2.05, 4.69) is 10.5 Å². The van der Waals surface area contributed by atoms with Crippen molar-refractivity contribution in [2.45, 2.75) is 31.4 Å². The number of nitrogens with one attached hydrogen (secondary N) is 1. The van der Waals surface area contributed by atoms with E-state index in [1.807, 2.05) is 30.3 Å². The van der Waals surface area contributed by atoms with Crippen molar-refractivity contribution in [3.05, 3.63) is 35.9 Å². The van der Waals surface area contributed by atoms with Crippen LogP contribution in [0.3, 0.4) is 0 Å². The Morgan fingerprint density at radius 1 is 1.37 bits per heavy atom. The van der Waals surface area contributed by atoms with Crippen LogP contribution in [0.5, 0.6) is 0 Å². The largest absolute Gasteiger partial charge is 0.409 e. The monoisotopic (exact) mass is 263 g/mol. The fourth-order valence-electron chi connectivity index (χ4n) is 2.42. The van der Waals surface area contributed by atoms with Crippen LogP contribution < -0.4 is 11.1 Å². The SMILES string of the molecule is NC(CC(NCC1CC(O)C1)c1ccccc1)=NO. The van der Waals surface area contributed by atoms with E-state index >= 15 is 0 Å². The highest BCUT2D eigenvalue weighted by Gasteiger charge is 2.27. The minimum absolute atomic E-state index is 0.0369. The van der Waals surface area contributed by atoms with Crippen LogP contribution in [0.25, 0.3) is 0 Å². The minimum Gasteiger partial charge on any atom is -0.409 e. The Bertz CT molecular complexity index is 416. The van der Waals surface area contributed by atoms with Gasteiger partial charge in [-0.05, 0) is 30.9 Å². The first-order valence-electron chi connectivity index (χ1n) is 6.62. The number of aliphatic hydroxyl groups excluding tert-OH is 1. The summed E-state index contributed by atoms with van der Waals surface area (Å²) in [6.45, 7) is 0.843. The Kier molecular flexibility index (Phi) is 4.76. The third-order valence-electron chi connectivity index (χ3n) is 3.61. The van der Waals surface area contributed by atoms with Crippen LogP contribution >= 0.6 is 0 Å². The normalized spacial score (nSPS) is 24.8.